The van der Waals surface area contributed by atoms with E-state index in [0.29, 0.717) is 12.5 Å². The molecule has 17 heavy (non-hydrogen) atoms. The Kier molecular flexibility index (Phi) is 5.41. The third kappa shape index (κ3) is 5.84. The van der Waals surface area contributed by atoms with Crippen molar-refractivity contribution < 1.29 is 8.42 Å². The van der Waals surface area contributed by atoms with E-state index < -0.39 is 9.84 Å². The lowest BCUT2D eigenvalue weighted by atomic mass is 9.79. The quantitative estimate of drug-likeness (QED) is 0.793. The largest absolute Gasteiger partial charge is 0.327 e. The minimum atomic E-state index is -2.86. The molecule has 0 radical (unpaired) electrons. The molecule has 0 aliphatic heterocycles. The molecular weight excluding hydrogens is 236 g/mol. The second kappa shape index (κ2) is 6.16. The minimum Gasteiger partial charge on any atom is -0.327 e. The van der Waals surface area contributed by atoms with Crippen LogP contribution in [0.3, 0.4) is 0 Å². The summed E-state index contributed by atoms with van der Waals surface area (Å²) in [5.41, 5.74) is 6.13. The topological polar surface area (TPSA) is 63.4 Å². The Morgan fingerprint density at radius 1 is 1.35 bits per heavy atom. The van der Waals surface area contributed by atoms with Crippen LogP contribution in [0.5, 0.6) is 0 Å². The minimum absolute atomic E-state index is 0.237. The Bertz CT molecular complexity index is 329. The molecule has 0 amide bonds. The van der Waals surface area contributed by atoms with E-state index in [1.54, 1.807) is 0 Å². The van der Waals surface area contributed by atoms with Crippen LogP contribution in [0.25, 0.3) is 0 Å². The average Bonchev–Trinajstić information content (AvgIpc) is 2.20. The fourth-order valence-electron chi connectivity index (χ4n) is 2.55. The van der Waals surface area contributed by atoms with Gasteiger partial charge < -0.3 is 10.6 Å². The smallest absolute Gasteiger partial charge is 0.148 e. The Morgan fingerprint density at radius 2 is 2.00 bits per heavy atom. The molecule has 0 aromatic carbocycles. The number of rotatable bonds is 5. The summed E-state index contributed by atoms with van der Waals surface area (Å²) in [6.07, 6.45) is 4.79. The SMILES string of the molecule is CC1CCC(N)C(CN(C)CCS(C)(=O)=O)C1. The first-order chi connectivity index (χ1) is 7.78. The van der Waals surface area contributed by atoms with Crippen molar-refractivity contribution in [1.29, 1.82) is 0 Å². The van der Waals surface area contributed by atoms with Crippen molar-refractivity contribution in [3.8, 4) is 0 Å². The van der Waals surface area contributed by atoms with E-state index in [-0.39, 0.29) is 11.8 Å². The number of sulfone groups is 1. The molecule has 1 rings (SSSR count). The summed E-state index contributed by atoms with van der Waals surface area (Å²) < 4.78 is 22.2. The maximum Gasteiger partial charge on any atom is 0.148 e. The maximum absolute atomic E-state index is 11.1. The van der Waals surface area contributed by atoms with Crippen molar-refractivity contribution in [3.05, 3.63) is 0 Å². The lowest BCUT2D eigenvalue weighted by Crippen LogP contribution is -2.42. The summed E-state index contributed by atoms with van der Waals surface area (Å²) >= 11 is 0. The van der Waals surface area contributed by atoms with Crippen LogP contribution in [0.2, 0.25) is 0 Å². The van der Waals surface area contributed by atoms with E-state index in [1.165, 1.54) is 19.1 Å². The maximum atomic E-state index is 11.1. The van der Waals surface area contributed by atoms with E-state index in [4.69, 9.17) is 5.73 Å². The zero-order valence-electron chi connectivity index (χ0n) is 11.2. The van der Waals surface area contributed by atoms with Gasteiger partial charge in [0, 0.05) is 25.4 Å². The predicted molar refractivity (Wildman–Crippen MR) is 71.7 cm³/mol. The standard InChI is InChI=1S/C12H26N2O2S/c1-10-4-5-12(13)11(8-10)9-14(2)6-7-17(3,15)16/h10-12H,4-9,13H2,1-3H3. The lowest BCUT2D eigenvalue weighted by molar-refractivity contribution is 0.185. The monoisotopic (exact) mass is 262 g/mol. The van der Waals surface area contributed by atoms with Crippen LogP contribution >= 0.6 is 0 Å². The Morgan fingerprint density at radius 3 is 2.59 bits per heavy atom. The third-order valence-corrected chi connectivity index (χ3v) is 4.62. The molecule has 3 atom stereocenters. The van der Waals surface area contributed by atoms with Gasteiger partial charge in [0.15, 0.2) is 0 Å². The van der Waals surface area contributed by atoms with Gasteiger partial charge in [0.1, 0.15) is 9.84 Å². The Balaban J connectivity index is 2.36. The van der Waals surface area contributed by atoms with Crippen molar-refractivity contribution >= 4 is 9.84 Å². The first-order valence-corrected chi connectivity index (χ1v) is 8.46. The van der Waals surface area contributed by atoms with Crippen LogP contribution in [0, 0.1) is 11.8 Å². The first kappa shape index (κ1) is 14.9. The van der Waals surface area contributed by atoms with Gasteiger partial charge in [-0.25, -0.2) is 8.42 Å². The molecule has 0 aromatic heterocycles. The second-order valence-electron chi connectivity index (χ2n) is 5.73. The van der Waals surface area contributed by atoms with Crippen molar-refractivity contribution in [1.82, 2.24) is 4.90 Å². The molecule has 0 aromatic rings. The Labute approximate surface area is 105 Å². The zero-order valence-corrected chi connectivity index (χ0v) is 12.0. The highest BCUT2D eigenvalue weighted by molar-refractivity contribution is 7.90. The number of hydrogen-bond acceptors (Lipinski definition) is 4. The van der Waals surface area contributed by atoms with Crippen molar-refractivity contribution in [2.24, 2.45) is 17.6 Å². The molecule has 1 aliphatic carbocycles. The van der Waals surface area contributed by atoms with Gasteiger partial charge in [-0.3, -0.25) is 0 Å². The van der Waals surface area contributed by atoms with Crippen LogP contribution in [-0.4, -0.2) is 51.5 Å². The van der Waals surface area contributed by atoms with Crippen LogP contribution in [0.15, 0.2) is 0 Å². The zero-order chi connectivity index (χ0) is 13.1. The number of hydrogen-bond donors (Lipinski definition) is 1. The van der Waals surface area contributed by atoms with Gasteiger partial charge in [0.25, 0.3) is 0 Å². The van der Waals surface area contributed by atoms with Crippen molar-refractivity contribution in [3.63, 3.8) is 0 Å². The second-order valence-corrected chi connectivity index (χ2v) is 7.99. The molecule has 0 bridgehead atoms. The third-order valence-electron chi connectivity index (χ3n) is 3.69. The normalized spacial score (nSPS) is 30.8. The molecule has 0 saturated heterocycles. The van der Waals surface area contributed by atoms with E-state index in [0.717, 1.165) is 18.9 Å². The van der Waals surface area contributed by atoms with Crippen molar-refractivity contribution in [2.45, 2.75) is 32.2 Å². The first-order valence-electron chi connectivity index (χ1n) is 6.40. The van der Waals surface area contributed by atoms with E-state index in [1.807, 2.05) is 7.05 Å². The van der Waals surface area contributed by atoms with Gasteiger partial charge in [0.2, 0.25) is 0 Å². The van der Waals surface area contributed by atoms with E-state index in [2.05, 4.69) is 11.8 Å². The van der Waals surface area contributed by atoms with Gasteiger partial charge in [-0.15, -0.1) is 0 Å². The highest BCUT2D eigenvalue weighted by Crippen LogP contribution is 2.28. The molecule has 0 heterocycles. The van der Waals surface area contributed by atoms with Crippen LogP contribution in [0.4, 0.5) is 0 Å². The molecule has 1 fully saturated rings. The molecule has 2 N–H and O–H groups in total. The van der Waals surface area contributed by atoms with E-state index >= 15 is 0 Å². The van der Waals surface area contributed by atoms with Gasteiger partial charge in [-0.2, -0.15) is 0 Å². The molecule has 4 nitrogen and oxygen atoms in total. The summed E-state index contributed by atoms with van der Waals surface area (Å²) in [6.45, 7) is 3.80. The van der Waals surface area contributed by atoms with Gasteiger partial charge in [-0.05, 0) is 38.1 Å². The highest BCUT2D eigenvalue weighted by Gasteiger charge is 2.26. The summed E-state index contributed by atoms with van der Waals surface area (Å²) in [5.74, 6) is 1.51. The van der Waals surface area contributed by atoms with Crippen LogP contribution < -0.4 is 5.73 Å². The van der Waals surface area contributed by atoms with Gasteiger partial charge in [0.05, 0.1) is 5.75 Å². The number of nitrogens with zero attached hydrogens (tertiary/aromatic N) is 1. The van der Waals surface area contributed by atoms with Gasteiger partial charge >= 0.3 is 0 Å². The predicted octanol–water partition coefficient (Wildman–Crippen LogP) is 0.726. The molecule has 5 heteroatoms. The molecular formula is C12H26N2O2S. The van der Waals surface area contributed by atoms with Crippen LogP contribution in [0.1, 0.15) is 26.2 Å². The summed E-state index contributed by atoms with van der Waals surface area (Å²) in [6, 6.07) is 0.284. The average molecular weight is 262 g/mol. The molecule has 0 spiro atoms. The molecule has 1 saturated carbocycles. The van der Waals surface area contributed by atoms with Gasteiger partial charge in [-0.1, -0.05) is 6.92 Å². The fourth-order valence-corrected chi connectivity index (χ4v) is 3.19. The number of nitrogens with two attached hydrogens (primary N) is 1. The van der Waals surface area contributed by atoms with Crippen LogP contribution in [-0.2, 0) is 9.84 Å². The summed E-state index contributed by atoms with van der Waals surface area (Å²) in [4.78, 5) is 2.10. The summed E-state index contributed by atoms with van der Waals surface area (Å²) in [7, 11) is -0.874. The molecule has 3 unspecified atom stereocenters. The van der Waals surface area contributed by atoms with E-state index in [9.17, 15) is 8.42 Å². The Hall–Kier alpha value is -0.130. The fraction of sp³-hybridized carbons (Fsp3) is 1.00. The molecule has 1 aliphatic rings. The summed E-state index contributed by atoms with van der Waals surface area (Å²) in [5, 5.41) is 0. The van der Waals surface area contributed by atoms with Crippen molar-refractivity contribution in [2.75, 3.05) is 32.1 Å². The lowest BCUT2D eigenvalue weighted by Gasteiger charge is -2.35. The highest BCUT2D eigenvalue weighted by atomic mass is 32.2. The molecule has 102 valence electrons.